The molecule has 118 valence electrons. The second-order valence-corrected chi connectivity index (χ2v) is 6.67. The molecule has 0 aliphatic carbocycles. The van der Waals surface area contributed by atoms with E-state index in [-0.39, 0.29) is 5.82 Å². The second kappa shape index (κ2) is 7.23. The van der Waals surface area contributed by atoms with Gasteiger partial charge < -0.3 is 4.57 Å². The van der Waals surface area contributed by atoms with Gasteiger partial charge in [0, 0.05) is 34.7 Å². The van der Waals surface area contributed by atoms with Gasteiger partial charge in [-0.3, -0.25) is 4.98 Å². The molecule has 0 saturated heterocycles. The fourth-order valence-electron chi connectivity index (χ4n) is 2.18. The van der Waals surface area contributed by atoms with Crippen LogP contribution in [0.4, 0.5) is 4.39 Å². The second-order valence-electron chi connectivity index (χ2n) is 4.81. The molecular formula is C16H14BrFN4S. The number of hydrogen-bond donors (Lipinski definition) is 0. The lowest BCUT2D eigenvalue weighted by atomic mass is 10.2. The third-order valence-corrected chi connectivity index (χ3v) is 4.85. The molecule has 7 heteroatoms. The summed E-state index contributed by atoms with van der Waals surface area (Å²) in [5, 5.41) is 9.30. The van der Waals surface area contributed by atoms with Gasteiger partial charge in [0.1, 0.15) is 5.82 Å². The highest BCUT2D eigenvalue weighted by atomic mass is 79.9. The summed E-state index contributed by atoms with van der Waals surface area (Å²) in [6.45, 7) is 2.79. The molecule has 0 N–H and O–H groups in total. The fraction of sp³-hybridized carbons (Fsp3) is 0.188. The summed E-state index contributed by atoms with van der Waals surface area (Å²) in [5.74, 6) is 1.09. The Hall–Kier alpha value is -1.73. The predicted molar refractivity (Wildman–Crippen MR) is 92.6 cm³/mol. The van der Waals surface area contributed by atoms with Gasteiger partial charge in [-0.2, -0.15) is 0 Å². The molecule has 0 aliphatic rings. The normalized spacial score (nSPS) is 10.9. The van der Waals surface area contributed by atoms with Gasteiger partial charge in [-0.15, -0.1) is 10.2 Å². The monoisotopic (exact) mass is 392 g/mol. The minimum absolute atomic E-state index is 0.219. The van der Waals surface area contributed by atoms with E-state index in [1.54, 1.807) is 18.5 Å². The Kier molecular flexibility index (Phi) is 5.07. The van der Waals surface area contributed by atoms with Gasteiger partial charge in [-0.05, 0) is 36.8 Å². The molecule has 0 radical (unpaired) electrons. The molecule has 0 aliphatic heterocycles. The molecule has 0 fully saturated rings. The van der Waals surface area contributed by atoms with Crippen molar-refractivity contribution in [2.45, 2.75) is 24.4 Å². The quantitative estimate of drug-likeness (QED) is 0.597. The maximum absolute atomic E-state index is 13.9. The van der Waals surface area contributed by atoms with E-state index >= 15 is 0 Å². The molecule has 0 atom stereocenters. The lowest BCUT2D eigenvalue weighted by Crippen LogP contribution is -2.00. The van der Waals surface area contributed by atoms with Gasteiger partial charge in [0.05, 0.1) is 0 Å². The highest BCUT2D eigenvalue weighted by molar-refractivity contribution is 9.10. The molecule has 0 bridgehead atoms. The molecule has 0 unspecified atom stereocenters. The van der Waals surface area contributed by atoms with E-state index in [0.717, 1.165) is 27.6 Å². The largest absolute Gasteiger partial charge is 0.302 e. The molecular weight excluding hydrogens is 379 g/mol. The highest BCUT2D eigenvalue weighted by Gasteiger charge is 2.14. The average Bonchev–Trinajstić information content (AvgIpc) is 2.98. The van der Waals surface area contributed by atoms with Gasteiger partial charge in [-0.25, -0.2) is 4.39 Å². The van der Waals surface area contributed by atoms with Crippen molar-refractivity contribution in [3.63, 3.8) is 0 Å². The standard InChI is InChI=1S/C16H14BrFN4S/c1-2-22-15(11-5-7-19-8-6-11)20-21-16(22)23-10-12-3-4-13(17)9-14(12)18/h3-9H,2,10H2,1H3. The smallest absolute Gasteiger partial charge is 0.191 e. The summed E-state index contributed by atoms with van der Waals surface area (Å²) in [6.07, 6.45) is 3.46. The minimum atomic E-state index is -0.219. The Labute approximate surface area is 146 Å². The zero-order chi connectivity index (χ0) is 16.2. The number of hydrogen-bond acceptors (Lipinski definition) is 4. The third kappa shape index (κ3) is 3.61. The van der Waals surface area contributed by atoms with Crippen LogP contribution in [0.1, 0.15) is 12.5 Å². The van der Waals surface area contributed by atoms with Crippen LogP contribution in [0.2, 0.25) is 0 Å². The van der Waals surface area contributed by atoms with Crippen LogP contribution >= 0.6 is 27.7 Å². The molecule has 3 aromatic rings. The maximum atomic E-state index is 13.9. The van der Waals surface area contributed by atoms with E-state index in [2.05, 4.69) is 31.1 Å². The number of halogens is 2. The summed E-state index contributed by atoms with van der Waals surface area (Å²) >= 11 is 4.74. The number of nitrogens with zero attached hydrogens (tertiary/aromatic N) is 4. The summed E-state index contributed by atoms with van der Waals surface area (Å²) < 4.78 is 16.7. The van der Waals surface area contributed by atoms with Crippen molar-refractivity contribution in [3.8, 4) is 11.4 Å². The zero-order valence-electron chi connectivity index (χ0n) is 12.4. The molecule has 0 spiro atoms. The zero-order valence-corrected chi connectivity index (χ0v) is 14.8. The number of benzene rings is 1. The van der Waals surface area contributed by atoms with Crippen molar-refractivity contribution in [1.82, 2.24) is 19.7 Å². The van der Waals surface area contributed by atoms with Gasteiger partial charge in [-0.1, -0.05) is 33.8 Å². The first kappa shape index (κ1) is 16.1. The van der Waals surface area contributed by atoms with Crippen molar-refractivity contribution < 1.29 is 4.39 Å². The van der Waals surface area contributed by atoms with Crippen LogP contribution in [0.15, 0.2) is 52.4 Å². The first-order chi connectivity index (χ1) is 11.2. The third-order valence-electron chi connectivity index (χ3n) is 3.34. The maximum Gasteiger partial charge on any atom is 0.191 e. The Balaban J connectivity index is 1.82. The SMILES string of the molecule is CCn1c(SCc2ccc(Br)cc2F)nnc1-c1ccncc1. The molecule has 1 aromatic carbocycles. The number of rotatable bonds is 5. The van der Waals surface area contributed by atoms with Crippen LogP contribution in [0.3, 0.4) is 0 Å². The Morgan fingerprint density at radius 2 is 1.96 bits per heavy atom. The topological polar surface area (TPSA) is 43.6 Å². The predicted octanol–water partition coefficient (Wildman–Crippen LogP) is 4.55. The summed E-state index contributed by atoms with van der Waals surface area (Å²) in [5.41, 5.74) is 1.62. The molecule has 4 nitrogen and oxygen atoms in total. The molecule has 3 rings (SSSR count). The first-order valence-corrected chi connectivity index (χ1v) is 8.87. The molecule has 0 amide bonds. The fourth-order valence-corrected chi connectivity index (χ4v) is 3.50. The van der Waals surface area contributed by atoms with Gasteiger partial charge >= 0.3 is 0 Å². The van der Waals surface area contributed by atoms with Crippen LogP contribution in [-0.4, -0.2) is 19.7 Å². The van der Waals surface area contributed by atoms with Crippen molar-refractivity contribution >= 4 is 27.7 Å². The van der Waals surface area contributed by atoms with Crippen LogP contribution in [0.25, 0.3) is 11.4 Å². The van der Waals surface area contributed by atoms with Crippen molar-refractivity contribution in [3.05, 3.63) is 58.6 Å². The van der Waals surface area contributed by atoms with Crippen molar-refractivity contribution in [2.24, 2.45) is 0 Å². The van der Waals surface area contributed by atoms with Crippen LogP contribution in [0, 0.1) is 5.82 Å². The highest BCUT2D eigenvalue weighted by Crippen LogP contribution is 2.27. The minimum Gasteiger partial charge on any atom is -0.302 e. The van der Waals surface area contributed by atoms with Crippen molar-refractivity contribution in [1.29, 1.82) is 0 Å². The van der Waals surface area contributed by atoms with E-state index in [1.165, 1.54) is 17.8 Å². The first-order valence-electron chi connectivity index (χ1n) is 7.09. The number of thioether (sulfide) groups is 1. The molecule has 0 saturated carbocycles. The van der Waals surface area contributed by atoms with Crippen molar-refractivity contribution in [2.75, 3.05) is 0 Å². The number of pyridine rings is 1. The Bertz CT molecular complexity index is 807. The van der Waals surface area contributed by atoms with Gasteiger partial charge in [0.25, 0.3) is 0 Å². The van der Waals surface area contributed by atoms with Gasteiger partial charge in [0.15, 0.2) is 11.0 Å². The van der Waals surface area contributed by atoms with E-state index in [0.29, 0.717) is 11.3 Å². The van der Waals surface area contributed by atoms with E-state index in [4.69, 9.17) is 0 Å². The summed E-state index contributed by atoms with van der Waals surface area (Å²) in [4.78, 5) is 4.02. The van der Waals surface area contributed by atoms with Gasteiger partial charge in [0.2, 0.25) is 0 Å². The van der Waals surface area contributed by atoms with Crippen LogP contribution in [0.5, 0.6) is 0 Å². The molecule has 2 heterocycles. The number of aromatic nitrogens is 4. The molecule has 2 aromatic heterocycles. The van der Waals surface area contributed by atoms with Crippen LogP contribution in [-0.2, 0) is 12.3 Å². The lowest BCUT2D eigenvalue weighted by Gasteiger charge is -2.07. The molecule has 23 heavy (non-hydrogen) atoms. The van der Waals surface area contributed by atoms with E-state index in [9.17, 15) is 4.39 Å². The van der Waals surface area contributed by atoms with Crippen LogP contribution < -0.4 is 0 Å². The van der Waals surface area contributed by atoms with E-state index in [1.807, 2.05) is 29.7 Å². The Morgan fingerprint density at radius 3 is 2.65 bits per heavy atom. The summed E-state index contributed by atoms with van der Waals surface area (Å²) in [6, 6.07) is 8.90. The Morgan fingerprint density at radius 1 is 1.17 bits per heavy atom. The van der Waals surface area contributed by atoms with E-state index < -0.39 is 0 Å². The lowest BCUT2D eigenvalue weighted by molar-refractivity contribution is 0.616. The summed E-state index contributed by atoms with van der Waals surface area (Å²) in [7, 11) is 0. The average molecular weight is 393 g/mol.